The number of hydrogen-bond acceptors (Lipinski definition) is 3. The highest BCUT2D eigenvalue weighted by atomic mass is 16.5. The first-order valence-corrected chi connectivity index (χ1v) is 9.19. The van der Waals surface area contributed by atoms with E-state index in [9.17, 15) is 9.59 Å². The molecule has 0 saturated carbocycles. The number of rotatable bonds is 4. The number of likely N-dealkylation sites (tertiary alicyclic amines) is 1. The number of benzene rings is 2. The van der Waals surface area contributed by atoms with Crippen molar-refractivity contribution in [1.82, 2.24) is 4.90 Å². The maximum atomic E-state index is 13.1. The van der Waals surface area contributed by atoms with Crippen LogP contribution in [0.1, 0.15) is 52.4 Å². The van der Waals surface area contributed by atoms with Crippen LogP contribution in [0.25, 0.3) is 0 Å². The van der Waals surface area contributed by atoms with Gasteiger partial charge in [0.1, 0.15) is 0 Å². The van der Waals surface area contributed by atoms with Crippen molar-refractivity contribution in [1.29, 1.82) is 0 Å². The van der Waals surface area contributed by atoms with Crippen LogP contribution in [0.4, 0.5) is 0 Å². The molecular weight excluding hydrogens is 326 g/mol. The average Bonchev–Trinajstić information content (AvgIpc) is 2.69. The summed E-state index contributed by atoms with van der Waals surface area (Å²) in [5.41, 5.74) is 3.13. The minimum Gasteiger partial charge on any atom is -0.444 e. The van der Waals surface area contributed by atoms with Gasteiger partial charge in [0.15, 0.2) is 0 Å². The molecule has 0 spiro atoms. The topological polar surface area (TPSA) is 46.6 Å². The van der Waals surface area contributed by atoms with Crippen LogP contribution in [0.15, 0.2) is 48.5 Å². The monoisotopic (exact) mass is 351 g/mol. The zero-order valence-corrected chi connectivity index (χ0v) is 15.4. The number of piperidine rings is 1. The second kappa shape index (κ2) is 8.17. The van der Waals surface area contributed by atoms with Crippen molar-refractivity contribution >= 4 is 11.9 Å². The highest BCUT2D eigenvalue weighted by Gasteiger charge is 2.31. The highest BCUT2D eigenvalue weighted by Crippen LogP contribution is 2.25. The summed E-state index contributed by atoms with van der Waals surface area (Å²) >= 11 is 0. The predicted octanol–water partition coefficient (Wildman–Crippen LogP) is 4.21. The molecule has 0 aromatic heterocycles. The van der Waals surface area contributed by atoms with E-state index in [-0.39, 0.29) is 5.91 Å². The van der Waals surface area contributed by atoms with Gasteiger partial charge in [-0.2, -0.15) is 0 Å². The first kappa shape index (κ1) is 18.2. The second-order valence-corrected chi connectivity index (χ2v) is 6.83. The lowest BCUT2D eigenvalue weighted by atomic mass is 10.0. The van der Waals surface area contributed by atoms with Gasteiger partial charge in [-0.3, -0.25) is 4.79 Å². The normalized spacial score (nSPS) is 15.4. The third-order valence-corrected chi connectivity index (χ3v) is 5.04. The highest BCUT2D eigenvalue weighted by molar-refractivity contribution is 5.94. The van der Waals surface area contributed by atoms with Crippen LogP contribution >= 0.6 is 0 Å². The van der Waals surface area contributed by atoms with Crippen LogP contribution in [0.2, 0.25) is 0 Å². The van der Waals surface area contributed by atoms with Gasteiger partial charge in [-0.15, -0.1) is 0 Å². The quantitative estimate of drug-likeness (QED) is 0.775. The van der Waals surface area contributed by atoms with Crippen molar-refractivity contribution in [3.8, 4) is 0 Å². The summed E-state index contributed by atoms with van der Waals surface area (Å²) in [6.07, 6.45) is 2.24. The molecule has 1 saturated heterocycles. The lowest BCUT2D eigenvalue weighted by Crippen LogP contribution is -2.40. The van der Waals surface area contributed by atoms with E-state index in [1.54, 1.807) is 6.07 Å². The van der Waals surface area contributed by atoms with Gasteiger partial charge in [-0.05, 0) is 50.3 Å². The summed E-state index contributed by atoms with van der Waals surface area (Å²) in [5.74, 6) is -0.583. The smallest absolute Gasteiger partial charge is 0.339 e. The van der Waals surface area contributed by atoms with Crippen molar-refractivity contribution in [3.05, 3.63) is 70.8 Å². The SMILES string of the molecule is Cc1cccc(C(=O)O[C@H](C(=O)N2CCCCC2)c2ccccc2)c1C. The number of amides is 1. The molecule has 0 aliphatic carbocycles. The van der Waals surface area contributed by atoms with Crippen LogP contribution in [-0.4, -0.2) is 29.9 Å². The van der Waals surface area contributed by atoms with E-state index in [0.717, 1.165) is 43.5 Å². The molecule has 1 amide bonds. The maximum absolute atomic E-state index is 13.1. The van der Waals surface area contributed by atoms with E-state index < -0.39 is 12.1 Å². The van der Waals surface area contributed by atoms with Gasteiger partial charge >= 0.3 is 5.97 Å². The molecule has 1 aliphatic heterocycles. The molecule has 3 rings (SSSR count). The second-order valence-electron chi connectivity index (χ2n) is 6.83. The van der Waals surface area contributed by atoms with Gasteiger partial charge in [-0.25, -0.2) is 4.79 Å². The average molecular weight is 351 g/mol. The Morgan fingerprint density at radius 3 is 2.31 bits per heavy atom. The van der Waals surface area contributed by atoms with Gasteiger partial charge in [0.25, 0.3) is 5.91 Å². The summed E-state index contributed by atoms with van der Waals surface area (Å²) in [6.45, 7) is 5.31. The van der Waals surface area contributed by atoms with E-state index in [1.165, 1.54) is 0 Å². The minimum atomic E-state index is -0.901. The standard InChI is InChI=1S/C22H25NO3/c1-16-10-9-13-19(17(16)2)22(25)26-20(18-11-5-3-6-12-18)21(24)23-14-7-4-8-15-23/h3,5-6,9-13,20H,4,7-8,14-15H2,1-2H3/t20-/m0/s1. The molecule has 4 nitrogen and oxygen atoms in total. The molecule has 0 unspecified atom stereocenters. The molecule has 26 heavy (non-hydrogen) atoms. The Kier molecular flexibility index (Phi) is 5.71. The predicted molar refractivity (Wildman–Crippen MR) is 101 cm³/mol. The molecule has 2 aromatic rings. The maximum Gasteiger partial charge on any atom is 0.339 e. The van der Waals surface area contributed by atoms with Crippen molar-refractivity contribution < 1.29 is 14.3 Å². The van der Waals surface area contributed by atoms with Gasteiger partial charge < -0.3 is 9.64 Å². The molecule has 1 aliphatic rings. The number of esters is 1. The van der Waals surface area contributed by atoms with Crippen molar-refractivity contribution in [2.75, 3.05) is 13.1 Å². The van der Waals surface area contributed by atoms with Crippen LogP contribution in [-0.2, 0) is 9.53 Å². The van der Waals surface area contributed by atoms with E-state index in [4.69, 9.17) is 4.74 Å². The molecule has 1 atom stereocenters. The largest absolute Gasteiger partial charge is 0.444 e. The number of nitrogens with zero attached hydrogens (tertiary/aromatic N) is 1. The van der Waals surface area contributed by atoms with E-state index in [2.05, 4.69) is 0 Å². The molecule has 0 radical (unpaired) electrons. The Morgan fingerprint density at radius 1 is 0.923 bits per heavy atom. The van der Waals surface area contributed by atoms with Crippen molar-refractivity contribution in [2.45, 2.75) is 39.2 Å². The molecule has 0 bridgehead atoms. The van der Waals surface area contributed by atoms with Gasteiger partial charge in [0, 0.05) is 18.7 Å². The number of carbonyl (C=O) groups excluding carboxylic acids is 2. The minimum absolute atomic E-state index is 0.130. The first-order chi connectivity index (χ1) is 12.6. The van der Waals surface area contributed by atoms with Crippen molar-refractivity contribution in [3.63, 3.8) is 0 Å². The van der Waals surface area contributed by atoms with Crippen LogP contribution in [0, 0.1) is 13.8 Å². The molecular formula is C22H25NO3. The molecule has 1 heterocycles. The molecule has 2 aromatic carbocycles. The van der Waals surface area contributed by atoms with Crippen molar-refractivity contribution in [2.24, 2.45) is 0 Å². The van der Waals surface area contributed by atoms with Gasteiger partial charge in [0.2, 0.25) is 6.10 Å². The Labute approximate surface area is 154 Å². The Morgan fingerprint density at radius 2 is 1.62 bits per heavy atom. The molecule has 0 N–H and O–H groups in total. The number of carbonyl (C=O) groups is 2. The third-order valence-electron chi connectivity index (χ3n) is 5.04. The van der Waals surface area contributed by atoms with Gasteiger partial charge in [-0.1, -0.05) is 42.5 Å². The summed E-state index contributed by atoms with van der Waals surface area (Å²) in [4.78, 5) is 27.7. The summed E-state index contributed by atoms with van der Waals surface area (Å²) in [6, 6.07) is 14.8. The zero-order chi connectivity index (χ0) is 18.5. The summed E-state index contributed by atoms with van der Waals surface area (Å²) in [5, 5.41) is 0. The fraction of sp³-hybridized carbons (Fsp3) is 0.364. The van der Waals surface area contributed by atoms with E-state index in [0.29, 0.717) is 11.1 Å². The number of aryl methyl sites for hydroxylation is 1. The number of hydrogen-bond donors (Lipinski definition) is 0. The molecule has 136 valence electrons. The number of ether oxygens (including phenoxy) is 1. The summed E-state index contributed by atoms with van der Waals surface area (Å²) < 4.78 is 5.74. The van der Waals surface area contributed by atoms with E-state index >= 15 is 0 Å². The molecule has 4 heteroatoms. The zero-order valence-electron chi connectivity index (χ0n) is 15.4. The van der Waals surface area contributed by atoms with Crippen LogP contribution in [0.3, 0.4) is 0 Å². The fourth-order valence-electron chi connectivity index (χ4n) is 3.31. The third kappa shape index (κ3) is 3.96. The molecule has 1 fully saturated rings. The van der Waals surface area contributed by atoms with Crippen LogP contribution in [0.5, 0.6) is 0 Å². The lowest BCUT2D eigenvalue weighted by Gasteiger charge is -2.30. The van der Waals surface area contributed by atoms with Gasteiger partial charge in [0.05, 0.1) is 5.56 Å². The lowest BCUT2D eigenvalue weighted by molar-refractivity contribution is -0.142. The Balaban J connectivity index is 1.87. The fourth-order valence-corrected chi connectivity index (χ4v) is 3.31. The Hall–Kier alpha value is -2.62. The van der Waals surface area contributed by atoms with E-state index in [1.807, 2.05) is 61.2 Å². The summed E-state index contributed by atoms with van der Waals surface area (Å²) in [7, 11) is 0. The Bertz CT molecular complexity index is 779. The van der Waals surface area contributed by atoms with Crippen LogP contribution < -0.4 is 0 Å². The first-order valence-electron chi connectivity index (χ1n) is 9.19.